The Morgan fingerprint density at radius 2 is 2.22 bits per heavy atom. The van der Waals surface area contributed by atoms with Crippen LogP contribution in [0.2, 0.25) is 0 Å². The number of nitro benzene ring substituents is 1. The van der Waals surface area contributed by atoms with Crippen molar-refractivity contribution in [2.45, 2.75) is 39.2 Å². The Labute approximate surface area is 189 Å². The van der Waals surface area contributed by atoms with Crippen molar-refractivity contribution in [3.05, 3.63) is 85.9 Å². The molecule has 4 aromatic rings. The van der Waals surface area contributed by atoms with Gasteiger partial charge in [0.25, 0.3) is 5.69 Å². The Hall–Kier alpha value is -3.66. The van der Waals surface area contributed by atoms with Crippen molar-refractivity contribution in [3.63, 3.8) is 0 Å². The fourth-order valence-electron chi connectivity index (χ4n) is 3.48. The zero-order valence-corrected chi connectivity index (χ0v) is 18.5. The number of thiophene rings is 1. The lowest BCUT2D eigenvalue weighted by atomic mass is 10.1. The number of unbranched alkanes of at least 4 members (excludes halogenated alkanes) is 1. The average molecular weight is 450 g/mol. The number of tetrazole rings is 1. The third-order valence-corrected chi connectivity index (χ3v) is 5.96. The van der Waals surface area contributed by atoms with Gasteiger partial charge < -0.3 is 4.57 Å². The standard InChI is InChI=1S/C22H23N7O2S/c1-2-3-9-21-23-14-19(28(21)15-16-6-4-7-18(11-16)29(30)31)12-17(22-24-26-27-25-22)13-20-8-5-10-32-20/h4-8,10-12,14H,2-3,9,13,15H2,1H3,(H,24,25,26,27)/b17-12+. The van der Waals surface area contributed by atoms with Gasteiger partial charge in [-0.3, -0.25) is 10.1 Å². The number of aromatic nitrogens is 6. The SMILES string of the molecule is CCCCc1ncc(/C=C(\Cc2cccs2)c2nn[nH]n2)n1Cc1cccc([N+](=O)[O-])c1. The summed E-state index contributed by atoms with van der Waals surface area (Å²) in [6.45, 7) is 2.63. The van der Waals surface area contributed by atoms with E-state index in [1.54, 1.807) is 23.5 Å². The van der Waals surface area contributed by atoms with Crippen molar-refractivity contribution < 1.29 is 4.92 Å². The number of hydrogen-bond donors (Lipinski definition) is 1. The fourth-order valence-corrected chi connectivity index (χ4v) is 4.21. The number of H-pyrrole nitrogens is 1. The van der Waals surface area contributed by atoms with Gasteiger partial charge in [0.1, 0.15) is 5.82 Å². The van der Waals surface area contributed by atoms with Crippen molar-refractivity contribution >= 4 is 28.7 Å². The summed E-state index contributed by atoms with van der Waals surface area (Å²) in [5.41, 5.74) is 2.76. The first-order valence-electron chi connectivity index (χ1n) is 10.4. The van der Waals surface area contributed by atoms with Crippen LogP contribution in [0.25, 0.3) is 11.6 Å². The molecule has 0 unspecified atom stereocenters. The van der Waals surface area contributed by atoms with Gasteiger partial charge in [-0.2, -0.15) is 5.21 Å². The molecular weight excluding hydrogens is 426 g/mol. The van der Waals surface area contributed by atoms with E-state index in [-0.39, 0.29) is 10.6 Å². The largest absolute Gasteiger partial charge is 0.324 e. The van der Waals surface area contributed by atoms with E-state index in [9.17, 15) is 10.1 Å². The molecule has 3 aromatic heterocycles. The van der Waals surface area contributed by atoms with Gasteiger partial charge in [0.05, 0.1) is 16.8 Å². The molecule has 32 heavy (non-hydrogen) atoms. The molecule has 0 aliphatic carbocycles. The monoisotopic (exact) mass is 449 g/mol. The van der Waals surface area contributed by atoms with Crippen molar-refractivity contribution in [1.82, 2.24) is 30.2 Å². The maximum absolute atomic E-state index is 11.2. The first kappa shape index (κ1) is 21.6. The number of nitrogens with zero attached hydrogens (tertiary/aromatic N) is 6. The van der Waals surface area contributed by atoms with Gasteiger partial charge in [-0.25, -0.2) is 4.98 Å². The van der Waals surface area contributed by atoms with Gasteiger partial charge >= 0.3 is 0 Å². The number of benzene rings is 1. The van der Waals surface area contributed by atoms with Crippen LogP contribution in [0.1, 0.15) is 47.5 Å². The number of rotatable bonds is 10. The van der Waals surface area contributed by atoms with E-state index in [0.29, 0.717) is 18.8 Å². The maximum Gasteiger partial charge on any atom is 0.269 e. The van der Waals surface area contributed by atoms with Gasteiger partial charge in [-0.1, -0.05) is 31.5 Å². The summed E-state index contributed by atoms with van der Waals surface area (Å²) in [6.07, 6.45) is 7.45. The van der Waals surface area contributed by atoms with Gasteiger partial charge in [-0.15, -0.1) is 21.5 Å². The Kier molecular flexibility index (Phi) is 6.81. The number of aromatic amines is 1. The summed E-state index contributed by atoms with van der Waals surface area (Å²) in [6, 6.07) is 10.8. The molecule has 0 saturated carbocycles. The van der Waals surface area contributed by atoms with Gasteiger partial charge in [0.15, 0.2) is 0 Å². The molecule has 164 valence electrons. The van der Waals surface area contributed by atoms with Crippen LogP contribution < -0.4 is 0 Å². The molecular formula is C22H23N7O2S. The Morgan fingerprint density at radius 3 is 2.94 bits per heavy atom. The van der Waals surface area contributed by atoms with E-state index in [2.05, 4.69) is 43.2 Å². The van der Waals surface area contributed by atoms with Crippen molar-refractivity contribution in [2.75, 3.05) is 0 Å². The molecule has 0 fully saturated rings. The molecule has 0 radical (unpaired) electrons. The molecule has 0 aliphatic rings. The third kappa shape index (κ3) is 5.14. The van der Waals surface area contributed by atoms with Crippen molar-refractivity contribution in [2.24, 2.45) is 0 Å². The summed E-state index contributed by atoms with van der Waals surface area (Å²) >= 11 is 1.67. The van der Waals surface area contributed by atoms with E-state index in [0.717, 1.165) is 41.9 Å². The van der Waals surface area contributed by atoms with Crippen molar-refractivity contribution in [3.8, 4) is 0 Å². The molecule has 10 heteroatoms. The molecule has 1 N–H and O–H groups in total. The third-order valence-electron chi connectivity index (χ3n) is 5.08. The molecule has 0 atom stereocenters. The highest BCUT2D eigenvalue weighted by Crippen LogP contribution is 2.24. The van der Waals surface area contributed by atoms with Crippen LogP contribution in [0.4, 0.5) is 5.69 Å². The average Bonchev–Trinajstić information content (AvgIpc) is 3.56. The smallest absolute Gasteiger partial charge is 0.269 e. The van der Waals surface area contributed by atoms with E-state index in [1.807, 2.05) is 29.8 Å². The van der Waals surface area contributed by atoms with Crippen molar-refractivity contribution in [1.29, 1.82) is 0 Å². The van der Waals surface area contributed by atoms with Crippen LogP contribution in [0.15, 0.2) is 48.0 Å². The lowest BCUT2D eigenvalue weighted by Gasteiger charge is -2.11. The van der Waals surface area contributed by atoms with Crippen LogP contribution in [0, 0.1) is 10.1 Å². The Morgan fingerprint density at radius 1 is 1.31 bits per heavy atom. The van der Waals surface area contributed by atoms with Crippen LogP contribution in [-0.2, 0) is 19.4 Å². The Bertz CT molecular complexity index is 1200. The number of imidazole rings is 1. The maximum atomic E-state index is 11.2. The summed E-state index contributed by atoms with van der Waals surface area (Å²) in [7, 11) is 0. The van der Waals surface area contributed by atoms with E-state index in [4.69, 9.17) is 0 Å². The zero-order chi connectivity index (χ0) is 22.3. The first-order chi connectivity index (χ1) is 15.6. The minimum Gasteiger partial charge on any atom is -0.324 e. The normalized spacial score (nSPS) is 11.7. The lowest BCUT2D eigenvalue weighted by Crippen LogP contribution is -2.08. The van der Waals surface area contributed by atoms with E-state index >= 15 is 0 Å². The summed E-state index contributed by atoms with van der Waals surface area (Å²) in [5.74, 6) is 1.49. The lowest BCUT2D eigenvalue weighted by molar-refractivity contribution is -0.384. The molecule has 0 aliphatic heterocycles. The van der Waals surface area contributed by atoms with Crippen LogP contribution in [0.5, 0.6) is 0 Å². The molecule has 9 nitrogen and oxygen atoms in total. The van der Waals surface area contributed by atoms with Crippen LogP contribution >= 0.6 is 11.3 Å². The number of nitro groups is 1. The second-order valence-electron chi connectivity index (χ2n) is 7.38. The predicted molar refractivity (Wildman–Crippen MR) is 123 cm³/mol. The highest BCUT2D eigenvalue weighted by molar-refractivity contribution is 7.10. The highest BCUT2D eigenvalue weighted by Gasteiger charge is 2.15. The second kappa shape index (κ2) is 10.1. The van der Waals surface area contributed by atoms with Gasteiger partial charge in [-0.05, 0) is 34.7 Å². The molecule has 3 heterocycles. The highest BCUT2D eigenvalue weighted by atomic mass is 32.1. The number of allylic oxidation sites excluding steroid dienone is 1. The topological polar surface area (TPSA) is 115 Å². The number of hydrogen-bond acceptors (Lipinski definition) is 7. The molecule has 0 bridgehead atoms. The quantitative estimate of drug-likeness (QED) is 0.281. The molecule has 0 saturated heterocycles. The fraction of sp³-hybridized carbons (Fsp3) is 0.273. The van der Waals surface area contributed by atoms with Gasteiger partial charge in [0, 0.05) is 42.0 Å². The van der Waals surface area contributed by atoms with Crippen LogP contribution in [-0.4, -0.2) is 35.1 Å². The number of non-ortho nitro benzene ring substituents is 1. The summed E-state index contributed by atoms with van der Waals surface area (Å²) in [5, 5.41) is 27.9. The minimum atomic E-state index is -0.369. The molecule has 0 spiro atoms. The van der Waals surface area contributed by atoms with Gasteiger partial charge in [0.2, 0.25) is 5.82 Å². The second-order valence-corrected chi connectivity index (χ2v) is 8.41. The summed E-state index contributed by atoms with van der Waals surface area (Å²) in [4.78, 5) is 16.7. The van der Waals surface area contributed by atoms with E-state index < -0.39 is 0 Å². The summed E-state index contributed by atoms with van der Waals surface area (Å²) < 4.78 is 2.11. The first-order valence-corrected chi connectivity index (χ1v) is 11.3. The molecule has 1 aromatic carbocycles. The predicted octanol–water partition coefficient (Wildman–Crippen LogP) is 4.54. The molecule has 0 amide bonds. The number of nitrogens with one attached hydrogen (secondary N) is 1. The van der Waals surface area contributed by atoms with E-state index in [1.165, 1.54) is 10.9 Å². The minimum absolute atomic E-state index is 0.0833. The molecule has 4 rings (SSSR count). The zero-order valence-electron chi connectivity index (χ0n) is 17.6. The number of aryl methyl sites for hydroxylation is 1. The Balaban J connectivity index is 1.73. The van der Waals surface area contributed by atoms with Crippen LogP contribution in [0.3, 0.4) is 0 Å².